The van der Waals surface area contributed by atoms with E-state index in [0.717, 1.165) is 0 Å². The molecular formula is C18H13F2NO6. The molecule has 0 bridgehead atoms. The molecule has 0 fully saturated rings. The Bertz CT molecular complexity index is 914. The fourth-order valence-electron chi connectivity index (χ4n) is 2.37. The molecule has 0 radical (unpaired) electrons. The third kappa shape index (κ3) is 4.20. The number of benzene rings is 2. The molecule has 9 heteroatoms. The first-order valence-corrected chi connectivity index (χ1v) is 7.71. The van der Waals surface area contributed by atoms with Gasteiger partial charge < -0.3 is 4.74 Å². The van der Waals surface area contributed by atoms with Crippen LogP contribution in [0.25, 0.3) is 0 Å². The molecule has 1 unspecified atom stereocenters. The van der Waals surface area contributed by atoms with Crippen LogP contribution in [0.1, 0.15) is 27.6 Å². The van der Waals surface area contributed by atoms with Crippen LogP contribution in [0.5, 0.6) is 0 Å². The monoisotopic (exact) mass is 377 g/mol. The molecule has 0 spiro atoms. The zero-order chi connectivity index (χ0) is 20.1. The highest BCUT2D eigenvalue weighted by atomic mass is 19.2. The Morgan fingerprint density at radius 2 is 1.67 bits per heavy atom. The van der Waals surface area contributed by atoms with E-state index in [-0.39, 0.29) is 18.2 Å². The second-order valence-electron chi connectivity index (χ2n) is 5.32. The molecule has 0 aliphatic heterocycles. The average Bonchev–Trinajstić information content (AvgIpc) is 2.64. The first kappa shape index (κ1) is 19.8. The number of carbonyl (C=O) groups excluding carboxylic acids is 3. The number of esters is 1. The van der Waals surface area contributed by atoms with Crippen molar-refractivity contribution in [2.75, 3.05) is 6.61 Å². The Balaban J connectivity index is 2.58. The summed E-state index contributed by atoms with van der Waals surface area (Å²) in [5, 5.41) is 11.1. The Labute approximate surface area is 151 Å². The quantitative estimate of drug-likeness (QED) is 0.241. The van der Waals surface area contributed by atoms with Crippen LogP contribution in [0.3, 0.4) is 0 Å². The van der Waals surface area contributed by atoms with Crippen molar-refractivity contribution >= 4 is 23.2 Å². The predicted octanol–water partition coefficient (Wildman–Crippen LogP) is 3.12. The standard InChI is InChI=1S/C18H13F2NO6/c1-2-27-18(24)15(16(22)10-6-4-3-5-7-10)17(23)11-8-12(19)13(20)9-14(11)21(25)26/h3-9,15H,2H2,1H3. The number of Topliss-reactive ketones (excluding diaryl/α,β-unsaturated/α-hetero) is 2. The summed E-state index contributed by atoms with van der Waals surface area (Å²) in [7, 11) is 0. The fraction of sp³-hybridized carbons (Fsp3) is 0.167. The number of nitrogens with zero attached hydrogens (tertiary/aromatic N) is 1. The van der Waals surface area contributed by atoms with Crippen LogP contribution in [0.4, 0.5) is 14.5 Å². The summed E-state index contributed by atoms with van der Waals surface area (Å²) in [6.45, 7) is 1.27. The molecule has 0 amide bonds. The summed E-state index contributed by atoms with van der Waals surface area (Å²) in [6.07, 6.45) is 0. The van der Waals surface area contributed by atoms with Gasteiger partial charge in [-0.05, 0) is 13.0 Å². The van der Waals surface area contributed by atoms with Crippen LogP contribution in [0, 0.1) is 27.7 Å². The minimum absolute atomic E-state index is 0.0193. The summed E-state index contributed by atoms with van der Waals surface area (Å²) >= 11 is 0. The number of halogens is 2. The molecule has 0 heterocycles. The summed E-state index contributed by atoms with van der Waals surface area (Å²) < 4.78 is 31.6. The maximum Gasteiger partial charge on any atom is 0.324 e. The van der Waals surface area contributed by atoms with Gasteiger partial charge in [0.05, 0.1) is 23.2 Å². The number of ether oxygens (including phenoxy) is 1. The Morgan fingerprint density at radius 1 is 1.07 bits per heavy atom. The number of ketones is 2. The van der Waals surface area contributed by atoms with Crippen molar-refractivity contribution in [2.45, 2.75) is 6.92 Å². The van der Waals surface area contributed by atoms with E-state index >= 15 is 0 Å². The highest BCUT2D eigenvalue weighted by Crippen LogP contribution is 2.27. The molecule has 1 atom stereocenters. The maximum atomic E-state index is 13.6. The zero-order valence-corrected chi connectivity index (χ0v) is 14.0. The molecule has 27 heavy (non-hydrogen) atoms. The molecule has 0 aliphatic carbocycles. The van der Waals surface area contributed by atoms with Crippen LogP contribution < -0.4 is 0 Å². The van der Waals surface area contributed by atoms with Crippen molar-refractivity contribution in [3.8, 4) is 0 Å². The number of hydrogen-bond donors (Lipinski definition) is 0. The number of nitro groups is 1. The van der Waals surface area contributed by atoms with E-state index in [1.807, 2.05) is 0 Å². The molecule has 0 aliphatic rings. The molecule has 0 saturated heterocycles. The molecule has 2 aromatic rings. The van der Waals surface area contributed by atoms with Gasteiger partial charge in [0.25, 0.3) is 5.69 Å². The highest BCUT2D eigenvalue weighted by Gasteiger charge is 2.39. The molecule has 0 N–H and O–H groups in total. The average molecular weight is 377 g/mol. The van der Waals surface area contributed by atoms with Gasteiger partial charge in [-0.25, -0.2) is 8.78 Å². The normalized spacial score (nSPS) is 11.5. The van der Waals surface area contributed by atoms with Crippen molar-refractivity contribution in [3.63, 3.8) is 0 Å². The molecule has 0 saturated carbocycles. The van der Waals surface area contributed by atoms with Crippen molar-refractivity contribution in [1.29, 1.82) is 0 Å². The van der Waals surface area contributed by atoms with Gasteiger partial charge in [0, 0.05) is 5.56 Å². The smallest absolute Gasteiger partial charge is 0.324 e. The van der Waals surface area contributed by atoms with Gasteiger partial charge in [-0.3, -0.25) is 24.5 Å². The van der Waals surface area contributed by atoms with Gasteiger partial charge in [0.2, 0.25) is 0 Å². The third-order valence-corrected chi connectivity index (χ3v) is 3.61. The summed E-state index contributed by atoms with van der Waals surface area (Å²) in [6, 6.07) is 7.75. The van der Waals surface area contributed by atoms with Gasteiger partial charge in [-0.1, -0.05) is 30.3 Å². The number of hydrogen-bond acceptors (Lipinski definition) is 6. The SMILES string of the molecule is CCOC(=O)C(C(=O)c1ccccc1)C(=O)c1cc(F)c(F)cc1[N+](=O)[O-]. The second-order valence-corrected chi connectivity index (χ2v) is 5.32. The number of carbonyl (C=O) groups is 3. The van der Waals surface area contributed by atoms with E-state index in [4.69, 9.17) is 4.74 Å². The van der Waals surface area contributed by atoms with Crippen molar-refractivity contribution in [2.24, 2.45) is 5.92 Å². The van der Waals surface area contributed by atoms with Crippen LogP contribution in [-0.4, -0.2) is 29.1 Å². The molecule has 7 nitrogen and oxygen atoms in total. The van der Waals surface area contributed by atoms with Crippen LogP contribution >= 0.6 is 0 Å². The lowest BCUT2D eigenvalue weighted by molar-refractivity contribution is -0.385. The van der Waals surface area contributed by atoms with Gasteiger partial charge in [0.15, 0.2) is 29.1 Å². The second kappa shape index (κ2) is 8.26. The molecule has 0 aromatic heterocycles. The largest absolute Gasteiger partial charge is 0.465 e. The number of rotatable bonds is 7. The number of nitro benzene ring substituents is 1. The molecule has 2 rings (SSSR count). The maximum absolute atomic E-state index is 13.6. The van der Waals surface area contributed by atoms with Gasteiger partial charge in [-0.15, -0.1) is 0 Å². The lowest BCUT2D eigenvalue weighted by Crippen LogP contribution is -2.34. The van der Waals surface area contributed by atoms with Gasteiger partial charge in [-0.2, -0.15) is 0 Å². The van der Waals surface area contributed by atoms with E-state index in [2.05, 4.69) is 0 Å². The zero-order valence-electron chi connectivity index (χ0n) is 14.0. The van der Waals surface area contributed by atoms with E-state index in [0.29, 0.717) is 6.07 Å². The van der Waals surface area contributed by atoms with Crippen LogP contribution in [0.15, 0.2) is 42.5 Å². The summed E-state index contributed by atoms with van der Waals surface area (Å²) in [5.41, 5.74) is -1.98. The Morgan fingerprint density at radius 3 is 2.22 bits per heavy atom. The minimum Gasteiger partial charge on any atom is -0.465 e. The third-order valence-electron chi connectivity index (χ3n) is 3.61. The van der Waals surface area contributed by atoms with Crippen molar-refractivity contribution in [1.82, 2.24) is 0 Å². The van der Waals surface area contributed by atoms with Crippen LogP contribution in [-0.2, 0) is 9.53 Å². The minimum atomic E-state index is -2.09. The molecule has 2 aromatic carbocycles. The lowest BCUT2D eigenvalue weighted by Gasteiger charge is -2.14. The lowest BCUT2D eigenvalue weighted by atomic mass is 9.89. The van der Waals surface area contributed by atoms with Crippen molar-refractivity contribution < 1.29 is 32.8 Å². The van der Waals surface area contributed by atoms with Crippen molar-refractivity contribution in [3.05, 3.63) is 75.3 Å². The van der Waals surface area contributed by atoms with E-state index in [1.165, 1.54) is 31.2 Å². The van der Waals surface area contributed by atoms with E-state index < -0.39 is 51.3 Å². The van der Waals surface area contributed by atoms with E-state index in [1.54, 1.807) is 6.07 Å². The fourth-order valence-corrected chi connectivity index (χ4v) is 2.37. The molecule has 140 valence electrons. The topological polar surface area (TPSA) is 104 Å². The summed E-state index contributed by atoms with van der Waals surface area (Å²) in [5.74, 6) is -8.73. The van der Waals surface area contributed by atoms with Gasteiger partial charge >= 0.3 is 5.97 Å². The first-order chi connectivity index (χ1) is 12.8. The van der Waals surface area contributed by atoms with E-state index in [9.17, 15) is 33.3 Å². The molecular weight excluding hydrogens is 364 g/mol. The Hall–Kier alpha value is -3.49. The highest BCUT2D eigenvalue weighted by molar-refractivity contribution is 6.27. The van der Waals surface area contributed by atoms with Gasteiger partial charge in [0.1, 0.15) is 0 Å². The summed E-state index contributed by atoms with van der Waals surface area (Å²) in [4.78, 5) is 47.6. The predicted molar refractivity (Wildman–Crippen MR) is 88.2 cm³/mol. The Kier molecular flexibility index (Phi) is 6.07. The first-order valence-electron chi connectivity index (χ1n) is 7.71. The van der Waals surface area contributed by atoms with Crippen LogP contribution in [0.2, 0.25) is 0 Å².